The van der Waals surface area contributed by atoms with Crippen LogP contribution in [0.15, 0.2) is 0 Å². The van der Waals surface area contributed by atoms with Gasteiger partial charge in [0.25, 0.3) is 0 Å². The zero-order chi connectivity index (χ0) is 15.0. The van der Waals surface area contributed by atoms with Crippen LogP contribution in [0.2, 0.25) is 0 Å². The van der Waals surface area contributed by atoms with Gasteiger partial charge in [-0.25, -0.2) is 4.79 Å². The highest BCUT2D eigenvalue weighted by Gasteiger charge is 2.42. The molecule has 2 amide bonds. The molecule has 3 rings (SSSR count). The average Bonchev–Trinajstić information content (AvgIpc) is 2.95. The summed E-state index contributed by atoms with van der Waals surface area (Å²) in [4.78, 5) is 19.2. The van der Waals surface area contributed by atoms with Gasteiger partial charge in [-0.1, -0.05) is 20.8 Å². The first kappa shape index (κ1) is 15.1. The second-order valence-electron chi connectivity index (χ2n) is 7.90. The van der Waals surface area contributed by atoms with Crippen molar-refractivity contribution in [1.29, 1.82) is 0 Å². The molecule has 2 unspecified atom stereocenters. The molecule has 3 fully saturated rings. The lowest BCUT2D eigenvalue weighted by Gasteiger charge is -2.40. The fraction of sp³-hybridized carbons (Fsp3) is 0.938. The fourth-order valence-electron chi connectivity index (χ4n) is 4.12. The lowest BCUT2D eigenvalue weighted by molar-refractivity contribution is 0.0900. The monoisotopic (exact) mass is 294 g/mol. The molecule has 0 aliphatic carbocycles. The second kappa shape index (κ2) is 5.76. The Morgan fingerprint density at radius 3 is 2.81 bits per heavy atom. The summed E-state index contributed by atoms with van der Waals surface area (Å²) in [6.45, 7) is 15.0. The number of hydrogen-bond acceptors (Lipinski definition) is 3. The van der Waals surface area contributed by atoms with Gasteiger partial charge >= 0.3 is 6.03 Å². The number of fused-ring (bicyclic) bond motifs is 1. The molecule has 0 aromatic rings. The Labute approximate surface area is 128 Å². The Balaban J connectivity index is 1.57. The van der Waals surface area contributed by atoms with Gasteiger partial charge in [0.2, 0.25) is 0 Å². The molecule has 3 saturated heterocycles. The third-order valence-electron chi connectivity index (χ3n) is 5.16. The van der Waals surface area contributed by atoms with Crippen molar-refractivity contribution in [2.24, 2.45) is 11.3 Å². The SMILES string of the molecule is CC(C)CN1CC2CN(CC3(C)CCNC3)CCN2C1=O. The van der Waals surface area contributed by atoms with Gasteiger partial charge in [0.05, 0.1) is 6.04 Å². The fourth-order valence-corrected chi connectivity index (χ4v) is 4.12. The predicted molar refractivity (Wildman–Crippen MR) is 84.3 cm³/mol. The van der Waals surface area contributed by atoms with Crippen LogP contribution in [0, 0.1) is 11.3 Å². The average molecular weight is 294 g/mol. The number of amides is 2. The van der Waals surface area contributed by atoms with Crippen molar-refractivity contribution in [3.63, 3.8) is 0 Å². The van der Waals surface area contributed by atoms with Gasteiger partial charge in [0.15, 0.2) is 0 Å². The van der Waals surface area contributed by atoms with Crippen molar-refractivity contribution in [1.82, 2.24) is 20.0 Å². The lowest BCUT2D eigenvalue weighted by atomic mass is 9.89. The number of carbonyl (C=O) groups excluding carboxylic acids is 1. The van der Waals surface area contributed by atoms with Crippen LogP contribution in [-0.4, -0.2) is 79.1 Å². The molecule has 5 nitrogen and oxygen atoms in total. The molecule has 3 aliphatic rings. The molecule has 5 heteroatoms. The van der Waals surface area contributed by atoms with Crippen molar-refractivity contribution in [2.45, 2.75) is 33.2 Å². The van der Waals surface area contributed by atoms with Crippen LogP contribution in [0.4, 0.5) is 4.79 Å². The summed E-state index contributed by atoms with van der Waals surface area (Å²) in [7, 11) is 0. The highest BCUT2D eigenvalue weighted by Crippen LogP contribution is 2.28. The normalized spacial score (nSPS) is 34.1. The summed E-state index contributed by atoms with van der Waals surface area (Å²) in [5.41, 5.74) is 0.419. The van der Waals surface area contributed by atoms with E-state index in [4.69, 9.17) is 0 Å². The molecule has 2 atom stereocenters. The molecule has 3 heterocycles. The van der Waals surface area contributed by atoms with Crippen LogP contribution >= 0.6 is 0 Å². The summed E-state index contributed by atoms with van der Waals surface area (Å²) < 4.78 is 0. The van der Waals surface area contributed by atoms with E-state index in [1.165, 1.54) is 13.0 Å². The van der Waals surface area contributed by atoms with E-state index in [0.29, 0.717) is 17.4 Å². The van der Waals surface area contributed by atoms with Crippen molar-refractivity contribution in [3.8, 4) is 0 Å². The number of piperazine rings is 1. The Morgan fingerprint density at radius 1 is 1.33 bits per heavy atom. The minimum Gasteiger partial charge on any atom is -0.322 e. The molecule has 1 N–H and O–H groups in total. The van der Waals surface area contributed by atoms with Crippen LogP contribution < -0.4 is 5.32 Å². The van der Waals surface area contributed by atoms with Gasteiger partial charge in [-0.3, -0.25) is 4.90 Å². The number of rotatable bonds is 4. The summed E-state index contributed by atoms with van der Waals surface area (Å²) in [5, 5.41) is 3.49. The van der Waals surface area contributed by atoms with Crippen molar-refractivity contribution < 1.29 is 4.79 Å². The Kier molecular flexibility index (Phi) is 4.14. The van der Waals surface area contributed by atoms with Crippen LogP contribution in [0.5, 0.6) is 0 Å². The predicted octanol–water partition coefficient (Wildman–Crippen LogP) is 1.06. The second-order valence-corrected chi connectivity index (χ2v) is 7.90. The van der Waals surface area contributed by atoms with Crippen LogP contribution in [0.3, 0.4) is 0 Å². The highest BCUT2D eigenvalue weighted by molar-refractivity contribution is 5.77. The van der Waals surface area contributed by atoms with Gasteiger partial charge < -0.3 is 15.1 Å². The Morgan fingerprint density at radius 2 is 2.14 bits per heavy atom. The molecule has 0 radical (unpaired) electrons. The standard InChI is InChI=1S/C16H30N4O/c1-13(2)8-19-10-14-9-18(6-7-20(14)15(19)21)12-16(3)4-5-17-11-16/h13-14,17H,4-12H2,1-3H3. The first-order chi connectivity index (χ1) is 9.97. The lowest BCUT2D eigenvalue weighted by Crippen LogP contribution is -2.54. The third kappa shape index (κ3) is 3.19. The van der Waals surface area contributed by atoms with E-state index in [2.05, 4.69) is 40.8 Å². The van der Waals surface area contributed by atoms with Crippen LogP contribution in [0.25, 0.3) is 0 Å². The van der Waals surface area contributed by atoms with E-state index in [1.54, 1.807) is 0 Å². The molecule has 21 heavy (non-hydrogen) atoms. The molecule has 0 aromatic heterocycles. The highest BCUT2D eigenvalue weighted by atomic mass is 16.2. The first-order valence-electron chi connectivity index (χ1n) is 8.45. The van der Waals surface area contributed by atoms with Gasteiger partial charge in [0.1, 0.15) is 0 Å². The zero-order valence-corrected chi connectivity index (χ0v) is 13.8. The maximum absolute atomic E-state index is 12.4. The van der Waals surface area contributed by atoms with Crippen molar-refractivity contribution >= 4 is 6.03 Å². The molecule has 0 aromatic carbocycles. The van der Waals surface area contributed by atoms with Gasteiger partial charge in [-0.15, -0.1) is 0 Å². The van der Waals surface area contributed by atoms with Gasteiger partial charge in [-0.2, -0.15) is 0 Å². The van der Waals surface area contributed by atoms with E-state index in [1.807, 2.05) is 0 Å². The van der Waals surface area contributed by atoms with Gasteiger partial charge in [-0.05, 0) is 24.3 Å². The molecule has 0 bridgehead atoms. The topological polar surface area (TPSA) is 38.8 Å². The molecular formula is C16H30N4O. The van der Waals surface area contributed by atoms with Crippen LogP contribution in [-0.2, 0) is 0 Å². The van der Waals surface area contributed by atoms with E-state index in [-0.39, 0.29) is 6.03 Å². The molecule has 120 valence electrons. The number of nitrogens with zero attached hydrogens (tertiary/aromatic N) is 3. The number of hydrogen-bond donors (Lipinski definition) is 1. The Hall–Kier alpha value is -0.810. The quantitative estimate of drug-likeness (QED) is 0.843. The minimum atomic E-state index is 0.266. The number of carbonyl (C=O) groups is 1. The number of nitrogens with one attached hydrogen (secondary N) is 1. The molecular weight excluding hydrogens is 264 g/mol. The minimum absolute atomic E-state index is 0.266. The van der Waals surface area contributed by atoms with E-state index in [0.717, 1.165) is 45.8 Å². The maximum atomic E-state index is 12.4. The van der Waals surface area contributed by atoms with Gasteiger partial charge in [0, 0.05) is 45.8 Å². The third-order valence-corrected chi connectivity index (χ3v) is 5.16. The maximum Gasteiger partial charge on any atom is 0.320 e. The Bertz CT molecular complexity index is 392. The summed E-state index contributed by atoms with van der Waals surface area (Å²) in [6.07, 6.45) is 1.27. The smallest absolute Gasteiger partial charge is 0.320 e. The number of urea groups is 1. The van der Waals surface area contributed by atoms with E-state index < -0.39 is 0 Å². The van der Waals surface area contributed by atoms with Crippen LogP contribution in [0.1, 0.15) is 27.2 Å². The first-order valence-corrected chi connectivity index (χ1v) is 8.45. The summed E-state index contributed by atoms with van der Waals surface area (Å²) in [5.74, 6) is 0.551. The zero-order valence-electron chi connectivity index (χ0n) is 13.8. The molecule has 0 spiro atoms. The van der Waals surface area contributed by atoms with Crippen molar-refractivity contribution in [2.75, 3.05) is 52.4 Å². The summed E-state index contributed by atoms with van der Waals surface area (Å²) >= 11 is 0. The molecule has 0 saturated carbocycles. The molecule has 3 aliphatic heterocycles. The summed E-state index contributed by atoms with van der Waals surface area (Å²) in [6, 6.07) is 0.671. The van der Waals surface area contributed by atoms with E-state index in [9.17, 15) is 4.79 Å². The largest absolute Gasteiger partial charge is 0.322 e. The van der Waals surface area contributed by atoms with Crippen molar-refractivity contribution in [3.05, 3.63) is 0 Å². The van der Waals surface area contributed by atoms with E-state index >= 15 is 0 Å².